The molecule has 1 fully saturated rings. The van der Waals surface area contributed by atoms with Gasteiger partial charge in [0.25, 0.3) is 11.5 Å². The van der Waals surface area contributed by atoms with E-state index in [2.05, 4.69) is 40.1 Å². The normalized spacial score (nSPS) is 14.0. The summed E-state index contributed by atoms with van der Waals surface area (Å²) >= 11 is 0. The molecule has 2 amide bonds. The number of aromatic amines is 1. The molecule has 3 N–H and O–H groups in total. The summed E-state index contributed by atoms with van der Waals surface area (Å²) in [4.78, 5) is 41.3. The Kier molecular flexibility index (Phi) is 6.77. The molecule has 3 aromatic rings. The molecule has 8 heteroatoms. The van der Waals surface area contributed by atoms with Crippen LogP contribution in [0.1, 0.15) is 78.4 Å². The highest BCUT2D eigenvalue weighted by Crippen LogP contribution is 2.46. The van der Waals surface area contributed by atoms with E-state index in [0.29, 0.717) is 29.7 Å². The number of fused-ring (bicyclic) bond motifs is 1. The molecule has 8 nitrogen and oxygen atoms in total. The molecule has 0 spiro atoms. The molecule has 4 rings (SSSR count). The van der Waals surface area contributed by atoms with Gasteiger partial charge in [-0.2, -0.15) is 5.26 Å². The Balaban J connectivity index is 1.71. The zero-order valence-electron chi connectivity index (χ0n) is 21.5. The lowest BCUT2D eigenvalue weighted by Crippen LogP contribution is -2.28. The Morgan fingerprint density at radius 1 is 1.17 bits per heavy atom. The molecular formula is C28H33N5O3. The molecule has 1 aliphatic rings. The van der Waals surface area contributed by atoms with Crippen LogP contribution in [-0.2, 0) is 11.3 Å². The number of aromatic nitrogens is 2. The third-order valence-corrected chi connectivity index (χ3v) is 7.36. The van der Waals surface area contributed by atoms with E-state index in [9.17, 15) is 19.6 Å². The van der Waals surface area contributed by atoms with Gasteiger partial charge in [-0.15, -0.1) is 0 Å². The fraction of sp³-hybridized carbons (Fsp3) is 0.429. The third-order valence-electron chi connectivity index (χ3n) is 7.36. The molecule has 36 heavy (non-hydrogen) atoms. The molecule has 0 atom stereocenters. The predicted octanol–water partition coefficient (Wildman–Crippen LogP) is 4.79. The van der Waals surface area contributed by atoms with Crippen molar-refractivity contribution in [1.29, 1.82) is 5.26 Å². The standard InChI is InChI=1S/C28H33N5O3/c1-6-20(7-2)33-18(5)24(26(35)30-14-22-16(3)12-17(4)31-25(22)34)21-9-8-19(13-23(21)33)32-27(36)28(15-29)10-11-28/h8-9,12-13,20H,6-7,10-11,14H2,1-5H3,(H,30,35)(H,31,34)(H,32,36). The maximum atomic E-state index is 13.5. The first-order chi connectivity index (χ1) is 17.2. The number of amides is 2. The minimum atomic E-state index is -0.917. The highest BCUT2D eigenvalue weighted by atomic mass is 16.2. The van der Waals surface area contributed by atoms with Gasteiger partial charge in [0.1, 0.15) is 5.41 Å². The lowest BCUT2D eigenvalue weighted by molar-refractivity contribution is -0.119. The van der Waals surface area contributed by atoms with E-state index in [4.69, 9.17) is 0 Å². The first kappa shape index (κ1) is 25.2. The summed E-state index contributed by atoms with van der Waals surface area (Å²) in [5.74, 6) is -0.529. The van der Waals surface area contributed by atoms with E-state index in [1.807, 2.05) is 39.0 Å². The van der Waals surface area contributed by atoms with Gasteiger partial charge in [-0.05, 0) is 76.3 Å². The van der Waals surface area contributed by atoms with Gasteiger partial charge in [0, 0.05) is 40.6 Å². The zero-order valence-corrected chi connectivity index (χ0v) is 21.5. The van der Waals surface area contributed by atoms with Crippen LogP contribution in [0.4, 0.5) is 5.69 Å². The van der Waals surface area contributed by atoms with Gasteiger partial charge in [0.2, 0.25) is 5.91 Å². The van der Waals surface area contributed by atoms with Gasteiger partial charge >= 0.3 is 0 Å². The van der Waals surface area contributed by atoms with E-state index in [1.165, 1.54) is 0 Å². The molecular weight excluding hydrogens is 454 g/mol. The zero-order chi connectivity index (χ0) is 26.2. The average molecular weight is 488 g/mol. The number of hydrogen-bond acceptors (Lipinski definition) is 4. The molecule has 0 unspecified atom stereocenters. The van der Waals surface area contributed by atoms with Gasteiger partial charge in [-0.3, -0.25) is 14.4 Å². The number of hydrogen-bond donors (Lipinski definition) is 3. The Bertz CT molecular complexity index is 1450. The smallest absolute Gasteiger partial charge is 0.254 e. The van der Waals surface area contributed by atoms with Crippen molar-refractivity contribution in [3.8, 4) is 6.07 Å². The number of H-pyrrole nitrogens is 1. The SMILES string of the molecule is CCC(CC)n1c(C)c(C(=O)NCc2c(C)cc(C)[nH]c2=O)c2ccc(NC(=O)C3(C#N)CC3)cc21. The summed E-state index contributed by atoms with van der Waals surface area (Å²) in [6.45, 7) is 9.98. The molecule has 0 aliphatic heterocycles. The van der Waals surface area contributed by atoms with Crippen molar-refractivity contribution in [2.24, 2.45) is 5.41 Å². The van der Waals surface area contributed by atoms with Crippen molar-refractivity contribution >= 4 is 28.4 Å². The summed E-state index contributed by atoms with van der Waals surface area (Å²) in [6.07, 6.45) is 2.92. The number of benzene rings is 1. The number of carbonyl (C=O) groups excluding carboxylic acids is 2. The maximum absolute atomic E-state index is 13.5. The van der Waals surface area contributed by atoms with Gasteiger partial charge in [0.05, 0.1) is 17.1 Å². The second-order valence-electron chi connectivity index (χ2n) is 9.81. The lowest BCUT2D eigenvalue weighted by Gasteiger charge is -2.19. The molecule has 2 aromatic heterocycles. The van der Waals surface area contributed by atoms with Crippen LogP contribution in [0.2, 0.25) is 0 Å². The molecule has 1 saturated carbocycles. The fourth-order valence-electron chi connectivity index (χ4n) is 5.05. The Morgan fingerprint density at radius 3 is 2.44 bits per heavy atom. The number of pyridine rings is 1. The molecule has 1 aromatic carbocycles. The highest BCUT2D eigenvalue weighted by molar-refractivity contribution is 6.09. The van der Waals surface area contributed by atoms with E-state index in [0.717, 1.165) is 40.7 Å². The quantitative estimate of drug-likeness (QED) is 0.423. The number of nitrogens with one attached hydrogen (secondary N) is 3. The summed E-state index contributed by atoms with van der Waals surface area (Å²) in [7, 11) is 0. The first-order valence-electron chi connectivity index (χ1n) is 12.5. The number of aryl methyl sites for hydroxylation is 2. The van der Waals surface area contributed by atoms with Crippen molar-refractivity contribution in [2.45, 2.75) is 72.9 Å². The predicted molar refractivity (Wildman–Crippen MR) is 140 cm³/mol. The van der Waals surface area contributed by atoms with E-state index in [1.54, 1.807) is 6.07 Å². The van der Waals surface area contributed by atoms with Crippen molar-refractivity contribution in [3.63, 3.8) is 0 Å². The van der Waals surface area contributed by atoms with E-state index in [-0.39, 0.29) is 30.0 Å². The maximum Gasteiger partial charge on any atom is 0.254 e. The van der Waals surface area contributed by atoms with Crippen molar-refractivity contribution in [3.05, 3.63) is 62.7 Å². The van der Waals surface area contributed by atoms with Crippen LogP contribution in [0.3, 0.4) is 0 Å². The second-order valence-corrected chi connectivity index (χ2v) is 9.81. The Morgan fingerprint density at radius 2 is 1.86 bits per heavy atom. The van der Waals surface area contributed by atoms with Crippen molar-refractivity contribution < 1.29 is 9.59 Å². The Hall–Kier alpha value is -3.86. The van der Waals surface area contributed by atoms with Crippen LogP contribution in [0.15, 0.2) is 29.1 Å². The minimum absolute atomic E-state index is 0.127. The topological polar surface area (TPSA) is 120 Å². The monoisotopic (exact) mass is 487 g/mol. The van der Waals surface area contributed by atoms with E-state index < -0.39 is 5.41 Å². The van der Waals surface area contributed by atoms with Crippen LogP contribution in [0, 0.1) is 37.5 Å². The largest absolute Gasteiger partial charge is 0.348 e. The molecule has 0 bridgehead atoms. The van der Waals surface area contributed by atoms with Crippen molar-refractivity contribution in [1.82, 2.24) is 14.9 Å². The molecule has 188 valence electrons. The Labute approximate surface area is 210 Å². The number of nitrogens with zero attached hydrogens (tertiary/aromatic N) is 2. The summed E-state index contributed by atoms with van der Waals surface area (Å²) in [5.41, 5.74) is 3.89. The third kappa shape index (κ3) is 4.41. The number of rotatable bonds is 8. The van der Waals surface area contributed by atoms with Crippen LogP contribution < -0.4 is 16.2 Å². The minimum Gasteiger partial charge on any atom is -0.348 e. The number of anilines is 1. The number of carbonyl (C=O) groups is 2. The van der Waals surface area contributed by atoms with Gasteiger partial charge in [-0.1, -0.05) is 13.8 Å². The molecule has 1 aliphatic carbocycles. The first-order valence-corrected chi connectivity index (χ1v) is 12.5. The molecule has 0 radical (unpaired) electrons. The molecule has 0 saturated heterocycles. The average Bonchev–Trinajstić information content (AvgIpc) is 3.59. The van der Waals surface area contributed by atoms with E-state index >= 15 is 0 Å². The molecule has 2 heterocycles. The number of nitriles is 1. The van der Waals surface area contributed by atoms with Gasteiger partial charge in [-0.25, -0.2) is 0 Å². The summed E-state index contributed by atoms with van der Waals surface area (Å²) < 4.78 is 2.17. The highest BCUT2D eigenvalue weighted by Gasteiger charge is 2.50. The van der Waals surface area contributed by atoms with Crippen LogP contribution in [0.25, 0.3) is 10.9 Å². The van der Waals surface area contributed by atoms with Gasteiger partial charge in [0.15, 0.2) is 0 Å². The van der Waals surface area contributed by atoms with Crippen LogP contribution in [0.5, 0.6) is 0 Å². The summed E-state index contributed by atoms with van der Waals surface area (Å²) in [5, 5.41) is 16.0. The van der Waals surface area contributed by atoms with Crippen LogP contribution >= 0.6 is 0 Å². The summed E-state index contributed by atoms with van der Waals surface area (Å²) in [6, 6.07) is 9.71. The fourth-order valence-corrected chi connectivity index (χ4v) is 5.05. The second kappa shape index (κ2) is 9.65. The van der Waals surface area contributed by atoms with Crippen molar-refractivity contribution in [2.75, 3.05) is 5.32 Å². The van der Waals surface area contributed by atoms with Gasteiger partial charge < -0.3 is 20.2 Å². The van der Waals surface area contributed by atoms with Crippen LogP contribution in [-0.4, -0.2) is 21.4 Å². The lowest BCUT2D eigenvalue weighted by atomic mass is 10.1.